The number of benzene rings is 1. The van der Waals surface area contributed by atoms with Gasteiger partial charge in [0.05, 0.1) is 17.8 Å². The Balaban J connectivity index is 1.95. The maximum Gasteiger partial charge on any atom is 0.219 e. The van der Waals surface area contributed by atoms with Crippen LogP contribution in [0.4, 0.5) is 0 Å². The molecule has 1 aliphatic heterocycles. The summed E-state index contributed by atoms with van der Waals surface area (Å²) in [4.78, 5) is 13.1. The molecule has 0 spiro atoms. The monoisotopic (exact) mass is 271 g/mol. The molecule has 20 heavy (non-hydrogen) atoms. The third kappa shape index (κ3) is 2.09. The first-order valence-electron chi connectivity index (χ1n) is 7.09. The molecular weight excluding hydrogens is 250 g/mol. The Kier molecular flexibility index (Phi) is 2.85. The predicted octanol–water partition coefficient (Wildman–Crippen LogP) is 2.74. The number of amides is 1. The number of hydrogen-bond donors (Lipinski definition) is 0. The molecule has 0 saturated carbocycles. The summed E-state index contributed by atoms with van der Waals surface area (Å²) in [5, 5.41) is 5.68. The summed E-state index contributed by atoms with van der Waals surface area (Å²) in [5.41, 5.74) is 2.62. The fraction of sp³-hybridized carbons (Fsp3) is 0.500. The van der Waals surface area contributed by atoms with Crippen molar-refractivity contribution in [2.24, 2.45) is 0 Å². The van der Waals surface area contributed by atoms with Crippen LogP contribution in [0.25, 0.3) is 10.9 Å². The zero-order valence-electron chi connectivity index (χ0n) is 12.6. The number of aromatic nitrogens is 2. The van der Waals surface area contributed by atoms with Gasteiger partial charge in [0.25, 0.3) is 0 Å². The molecule has 0 radical (unpaired) electrons. The molecule has 4 heteroatoms. The van der Waals surface area contributed by atoms with Crippen molar-refractivity contribution in [3.63, 3.8) is 0 Å². The van der Waals surface area contributed by atoms with E-state index < -0.39 is 0 Å². The maximum atomic E-state index is 11.3. The van der Waals surface area contributed by atoms with Gasteiger partial charge in [-0.05, 0) is 17.0 Å². The third-order valence-electron chi connectivity index (χ3n) is 4.12. The number of likely N-dealkylation sites (tertiary alicyclic amines) is 1. The minimum atomic E-state index is 0.133. The van der Waals surface area contributed by atoms with Crippen molar-refractivity contribution in [2.45, 2.75) is 39.2 Å². The van der Waals surface area contributed by atoms with E-state index in [1.807, 2.05) is 11.1 Å². The van der Waals surface area contributed by atoms with E-state index in [9.17, 15) is 4.79 Å². The lowest BCUT2D eigenvalue weighted by molar-refractivity contribution is -0.134. The van der Waals surface area contributed by atoms with Gasteiger partial charge < -0.3 is 4.90 Å². The second-order valence-electron chi connectivity index (χ2n) is 6.69. The van der Waals surface area contributed by atoms with Gasteiger partial charge in [-0.25, -0.2) is 0 Å². The van der Waals surface area contributed by atoms with Gasteiger partial charge in [0.15, 0.2) is 0 Å². The Bertz CT molecular complexity index is 660. The van der Waals surface area contributed by atoms with Crippen LogP contribution in [-0.4, -0.2) is 33.7 Å². The van der Waals surface area contributed by atoms with Crippen LogP contribution < -0.4 is 0 Å². The Morgan fingerprint density at radius 1 is 1.30 bits per heavy atom. The first-order valence-corrected chi connectivity index (χ1v) is 7.09. The van der Waals surface area contributed by atoms with Crippen LogP contribution in [0.5, 0.6) is 0 Å². The van der Waals surface area contributed by atoms with Crippen LogP contribution in [0.1, 0.15) is 39.3 Å². The van der Waals surface area contributed by atoms with Crippen molar-refractivity contribution in [1.29, 1.82) is 0 Å². The molecule has 1 aliphatic rings. The fourth-order valence-corrected chi connectivity index (χ4v) is 2.66. The van der Waals surface area contributed by atoms with Crippen molar-refractivity contribution in [1.82, 2.24) is 14.7 Å². The van der Waals surface area contributed by atoms with Crippen LogP contribution in [-0.2, 0) is 10.2 Å². The normalized spacial score (nSPS) is 16.5. The lowest BCUT2D eigenvalue weighted by Gasteiger charge is -2.38. The van der Waals surface area contributed by atoms with Gasteiger partial charge in [-0.1, -0.05) is 32.9 Å². The molecule has 0 atom stereocenters. The highest BCUT2D eigenvalue weighted by Crippen LogP contribution is 2.29. The Morgan fingerprint density at radius 2 is 2.00 bits per heavy atom. The number of hydrogen-bond acceptors (Lipinski definition) is 2. The van der Waals surface area contributed by atoms with Crippen molar-refractivity contribution >= 4 is 16.8 Å². The average Bonchev–Trinajstić information content (AvgIpc) is 2.68. The van der Waals surface area contributed by atoms with Crippen molar-refractivity contribution in [2.75, 3.05) is 13.1 Å². The van der Waals surface area contributed by atoms with E-state index in [1.54, 1.807) is 6.92 Å². The molecule has 1 amide bonds. The molecule has 0 bridgehead atoms. The number of carbonyl (C=O) groups excluding carboxylic acids is 1. The van der Waals surface area contributed by atoms with Gasteiger partial charge >= 0.3 is 0 Å². The molecule has 4 nitrogen and oxygen atoms in total. The summed E-state index contributed by atoms with van der Waals surface area (Å²) in [6, 6.07) is 6.86. The second-order valence-corrected chi connectivity index (χ2v) is 6.69. The number of nitrogens with zero attached hydrogens (tertiary/aromatic N) is 3. The summed E-state index contributed by atoms with van der Waals surface area (Å²) >= 11 is 0. The molecule has 0 unspecified atom stereocenters. The highest BCUT2D eigenvalue weighted by Gasteiger charge is 2.31. The topological polar surface area (TPSA) is 38.1 Å². The van der Waals surface area contributed by atoms with Crippen molar-refractivity contribution < 1.29 is 4.79 Å². The zero-order chi connectivity index (χ0) is 14.5. The molecule has 2 aromatic rings. The van der Waals surface area contributed by atoms with Crippen LogP contribution >= 0.6 is 0 Å². The summed E-state index contributed by atoms with van der Waals surface area (Å²) in [6.07, 6.45) is 1.91. The van der Waals surface area contributed by atoms with E-state index in [1.165, 1.54) is 16.5 Å². The summed E-state index contributed by atoms with van der Waals surface area (Å²) in [6.45, 7) is 9.81. The van der Waals surface area contributed by atoms with Gasteiger partial charge in [-0.2, -0.15) is 5.10 Å². The largest absolute Gasteiger partial charge is 0.339 e. The van der Waals surface area contributed by atoms with E-state index >= 15 is 0 Å². The lowest BCUT2D eigenvalue weighted by atomic mass is 9.86. The number of carbonyl (C=O) groups is 1. The Hall–Kier alpha value is -1.84. The molecule has 1 fully saturated rings. The van der Waals surface area contributed by atoms with E-state index in [2.05, 4.69) is 48.8 Å². The minimum absolute atomic E-state index is 0.133. The second kappa shape index (κ2) is 4.33. The van der Waals surface area contributed by atoms with Crippen LogP contribution in [0.15, 0.2) is 24.4 Å². The minimum Gasteiger partial charge on any atom is -0.339 e. The first kappa shape index (κ1) is 13.2. The van der Waals surface area contributed by atoms with Gasteiger partial charge in [0.1, 0.15) is 0 Å². The molecule has 0 N–H and O–H groups in total. The maximum absolute atomic E-state index is 11.3. The van der Waals surface area contributed by atoms with Gasteiger partial charge in [-0.15, -0.1) is 0 Å². The first-order chi connectivity index (χ1) is 9.36. The fourth-order valence-electron chi connectivity index (χ4n) is 2.66. The lowest BCUT2D eigenvalue weighted by Crippen LogP contribution is -2.50. The third-order valence-corrected chi connectivity index (χ3v) is 4.12. The smallest absolute Gasteiger partial charge is 0.219 e. The molecule has 3 rings (SSSR count). The summed E-state index contributed by atoms with van der Waals surface area (Å²) in [7, 11) is 0. The van der Waals surface area contributed by atoms with Gasteiger partial charge in [-0.3, -0.25) is 9.48 Å². The summed E-state index contributed by atoms with van der Waals surface area (Å²) in [5.74, 6) is 0.146. The van der Waals surface area contributed by atoms with E-state index in [4.69, 9.17) is 0 Å². The highest BCUT2D eigenvalue weighted by molar-refractivity contribution is 5.80. The van der Waals surface area contributed by atoms with Crippen LogP contribution in [0.2, 0.25) is 0 Å². The molecule has 106 valence electrons. The molecule has 0 aliphatic carbocycles. The average molecular weight is 271 g/mol. The number of rotatable bonds is 1. The van der Waals surface area contributed by atoms with E-state index in [-0.39, 0.29) is 11.3 Å². The van der Waals surface area contributed by atoms with Gasteiger partial charge in [0.2, 0.25) is 5.91 Å². The zero-order valence-corrected chi connectivity index (χ0v) is 12.6. The van der Waals surface area contributed by atoms with Gasteiger partial charge in [0, 0.05) is 25.4 Å². The predicted molar refractivity (Wildman–Crippen MR) is 79.7 cm³/mol. The van der Waals surface area contributed by atoms with E-state index in [0.29, 0.717) is 6.04 Å². The van der Waals surface area contributed by atoms with Crippen molar-refractivity contribution in [3.8, 4) is 0 Å². The summed E-state index contributed by atoms with van der Waals surface area (Å²) < 4.78 is 2.07. The molecule has 1 saturated heterocycles. The highest BCUT2D eigenvalue weighted by atomic mass is 16.2. The van der Waals surface area contributed by atoms with Crippen LogP contribution in [0, 0.1) is 0 Å². The quantitative estimate of drug-likeness (QED) is 0.800. The number of fused-ring (bicyclic) bond motifs is 1. The Labute approximate surface area is 119 Å². The van der Waals surface area contributed by atoms with E-state index in [0.717, 1.165) is 13.1 Å². The van der Waals surface area contributed by atoms with Crippen molar-refractivity contribution in [3.05, 3.63) is 30.0 Å². The SMILES string of the molecule is CC(=O)N1CC(n2ncc3ccc(C(C)(C)C)cc32)C1. The molecular formula is C16H21N3O. The van der Waals surface area contributed by atoms with Crippen LogP contribution in [0.3, 0.4) is 0 Å². The Morgan fingerprint density at radius 3 is 2.60 bits per heavy atom. The standard InChI is InChI=1S/C16H21N3O/c1-11(20)18-9-14(10-18)19-15-7-13(16(2,3)4)6-5-12(15)8-17-19/h5-8,14H,9-10H2,1-4H3. The molecule has 1 aromatic carbocycles. The molecule has 1 aromatic heterocycles. The molecule has 2 heterocycles.